The largest absolute Gasteiger partial charge is 0.490 e. The van der Waals surface area contributed by atoms with Gasteiger partial charge in [0.05, 0.1) is 12.3 Å². The van der Waals surface area contributed by atoms with E-state index in [9.17, 15) is 14.4 Å². The summed E-state index contributed by atoms with van der Waals surface area (Å²) in [5.74, 6) is -0.398. The first-order valence-corrected chi connectivity index (χ1v) is 11.7. The lowest BCUT2D eigenvalue weighted by Gasteiger charge is -2.27. The number of rotatable bonds is 7. The van der Waals surface area contributed by atoms with Crippen LogP contribution in [0.15, 0.2) is 66.2 Å². The van der Waals surface area contributed by atoms with Crippen molar-refractivity contribution in [3.63, 3.8) is 0 Å². The summed E-state index contributed by atoms with van der Waals surface area (Å²) >= 11 is 0. The van der Waals surface area contributed by atoms with Crippen molar-refractivity contribution in [2.24, 2.45) is 0 Å². The zero-order chi connectivity index (χ0) is 25.8. The number of hydrogen-bond acceptors (Lipinski definition) is 5. The molecule has 36 heavy (non-hydrogen) atoms. The fourth-order valence-electron chi connectivity index (χ4n) is 3.89. The molecule has 0 atom stereocenters. The van der Waals surface area contributed by atoms with Crippen LogP contribution in [0.1, 0.15) is 34.7 Å². The van der Waals surface area contributed by atoms with Gasteiger partial charge in [-0.25, -0.2) is 9.69 Å². The van der Waals surface area contributed by atoms with Gasteiger partial charge in [0.25, 0.3) is 11.8 Å². The Morgan fingerprint density at radius 1 is 0.861 bits per heavy atom. The minimum atomic E-state index is -0.777. The van der Waals surface area contributed by atoms with Crippen LogP contribution < -0.4 is 19.7 Å². The standard InChI is InChI=1S/C29H28N2O5/c1-5-35-26-16-21(10-12-25(26)36-17-22-8-6-7-18(2)13-22)15-24-27(32)30-29(34)31(28(24)33)23-11-9-19(3)20(4)14-23/h6-16H,5,17H2,1-4H3,(H,30,32,34)/b24-15+. The molecule has 4 amide bonds. The van der Waals surface area contributed by atoms with Crippen LogP contribution in [0.5, 0.6) is 11.5 Å². The monoisotopic (exact) mass is 484 g/mol. The Bertz CT molecular complexity index is 1380. The van der Waals surface area contributed by atoms with Crippen molar-refractivity contribution in [3.05, 3.63) is 94.1 Å². The third-order valence-corrected chi connectivity index (χ3v) is 5.91. The van der Waals surface area contributed by atoms with Gasteiger partial charge in [-0.3, -0.25) is 14.9 Å². The maximum Gasteiger partial charge on any atom is 0.335 e. The van der Waals surface area contributed by atoms with Crippen molar-refractivity contribution in [1.29, 1.82) is 0 Å². The average molecular weight is 485 g/mol. The number of hydrogen-bond donors (Lipinski definition) is 1. The second kappa shape index (κ2) is 10.5. The smallest absolute Gasteiger partial charge is 0.335 e. The third kappa shape index (κ3) is 5.30. The topological polar surface area (TPSA) is 84.9 Å². The minimum absolute atomic E-state index is 0.149. The number of amides is 4. The van der Waals surface area contributed by atoms with E-state index in [1.807, 2.05) is 52.0 Å². The molecule has 0 unspecified atom stereocenters. The molecule has 0 spiro atoms. The summed E-state index contributed by atoms with van der Waals surface area (Å²) in [6, 6.07) is 17.7. The normalized spacial score (nSPS) is 14.7. The predicted octanol–water partition coefficient (Wildman–Crippen LogP) is 5.26. The molecule has 1 fully saturated rings. The van der Waals surface area contributed by atoms with Crippen LogP contribution in [0.2, 0.25) is 0 Å². The number of aryl methyl sites for hydroxylation is 3. The van der Waals surface area contributed by atoms with Crippen molar-refractivity contribution < 1.29 is 23.9 Å². The fourth-order valence-corrected chi connectivity index (χ4v) is 3.89. The Kier molecular flexibility index (Phi) is 7.20. The summed E-state index contributed by atoms with van der Waals surface area (Å²) in [5.41, 5.74) is 4.95. The van der Waals surface area contributed by atoms with E-state index in [2.05, 4.69) is 11.4 Å². The van der Waals surface area contributed by atoms with Crippen molar-refractivity contribution in [2.45, 2.75) is 34.3 Å². The highest BCUT2D eigenvalue weighted by atomic mass is 16.5. The summed E-state index contributed by atoms with van der Waals surface area (Å²) in [6.07, 6.45) is 1.45. The van der Waals surface area contributed by atoms with Gasteiger partial charge < -0.3 is 9.47 Å². The predicted molar refractivity (Wildman–Crippen MR) is 138 cm³/mol. The number of anilines is 1. The van der Waals surface area contributed by atoms with E-state index in [1.165, 1.54) is 6.08 Å². The lowest BCUT2D eigenvalue weighted by Crippen LogP contribution is -2.54. The molecule has 1 saturated heterocycles. The minimum Gasteiger partial charge on any atom is -0.490 e. The Morgan fingerprint density at radius 3 is 2.39 bits per heavy atom. The molecule has 3 aromatic rings. The first kappa shape index (κ1) is 24.7. The number of ether oxygens (including phenoxy) is 2. The van der Waals surface area contributed by atoms with E-state index >= 15 is 0 Å². The molecule has 4 rings (SSSR count). The van der Waals surface area contributed by atoms with Crippen LogP contribution in [-0.2, 0) is 16.2 Å². The Hall–Kier alpha value is -4.39. The van der Waals surface area contributed by atoms with Gasteiger partial charge in [-0.1, -0.05) is 42.0 Å². The van der Waals surface area contributed by atoms with Crippen molar-refractivity contribution in [2.75, 3.05) is 11.5 Å². The lowest BCUT2D eigenvalue weighted by molar-refractivity contribution is -0.122. The first-order valence-electron chi connectivity index (χ1n) is 11.7. The Labute approximate surface area is 210 Å². The number of imide groups is 2. The number of urea groups is 1. The average Bonchev–Trinajstić information content (AvgIpc) is 2.83. The number of nitrogens with one attached hydrogen (secondary N) is 1. The zero-order valence-electron chi connectivity index (χ0n) is 20.8. The molecule has 0 bridgehead atoms. The summed E-state index contributed by atoms with van der Waals surface area (Å²) in [6.45, 7) is 8.50. The number of barbiturate groups is 1. The maximum atomic E-state index is 13.2. The van der Waals surface area contributed by atoms with Crippen molar-refractivity contribution in [1.82, 2.24) is 5.32 Å². The van der Waals surface area contributed by atoms with Gasteiger partial charge in [-0.2, -0.15) is 0 Å². The Balaban J connectivity index is 1.62. The SMILES string of the molecule is CCOc1cc(/C=C2\C(=O)NC(=O)N(c3ccc(C)c(C)c3)C2=O)ccc1OCc1cccc(C)c1. The molecule has 0 aromatic heterocycles. The second-order valence-corrected chi connectivity index (χ2v) is 8.64. The molecule has 7 nitrogen and oxygen atoms in total. The molecule has 0 aliphatic carbocycles. The van der Waals surface area contributed by atoms with Crippen molar-refractivity contribution in [3.8, 4) is 11.5 Å². The van der Waals surface area contributed by atoms with Gasteiger partial charge >= 0.3 is 6.03 Å². The van der Waals surface area contributed by atoms with E-state index in [4.69, 9.17) is 9.47 Å². The molecular formula is C29H28N2O5. The number of nitrogens with zero attached hydrogens (tertiary/aromatic N) is 1. The number of benzene rings is 3. The molecular weight excluding hydrogens is 456 g/mol. The highest BCUT2D eigenvalue weighted by Gasteiger charge is 2.37. The van der Waals surface area contributed by atoms with Crippen LogP contribution in [0.4, 0.5) is 10.5 Å². The maximum absolute atomic E-state index is 13.2. The van der Waals surface area contributed by atoms with Gasteiger partial charge in [0.15, 0.2) is 11.5 Å². The first-order chi connectivity index (χ1) is 17.3. The van der Waals surface area contributed by atoms with E-state index in [1.54, 1.807) is 30.3 Å². The molecule has 0 saturated carbocycles. The molecule has 7 heteroatoms. The van der Waals surface area contributed by atoms with Gasteiger partial charge in [0, 0.05) is 0 Å². The quantitative estimate of drug-likeness (QED) is 0.365. The molecule has 1 aliphatic rings. The second-order valence-electron chi connectivity index (χ2n) is 8.64. The van der Waals surface area contributed by atoms with Gasteiger partial charge in [0.1, 0.15) is 12.2 Å². The van der Waals surface area contributed by atoms with Crippen molar-refractivity contribution >= 4 is 29.6 Å². The molecule has 184 valence electrons. The molecule has 1 heterocycles. The molecule has 1 aliphatic heterocycles. The highest BCUT2D eigenvalue weighted by molar-refractivity contribution is 6.39. The summed E-state index contributed by atoms with van der Waals surface area (Å²) in [5, 5.41) is 2.26. The van der Waals surface area contributed by atoms with Crippen LogP contribution >= 0.6 is 0 Å². The van der Waals surface area contributed by atoms with Gasteiger partial charge in [-0.15, -0.1) is 0 Å². The molecule has 3 aromatic carbocycles. The number of carbonyl (C=O) groups is 3. The molecule has 1 N–H and O–H groups in total. The van der Waals surface area contributed by atoms with E-state index in [0.29, 0.717) is 36.0 Å². The lowest BCUT2D eigenvalue weighted by atomic mass is 10.0. The summed E-state index contributed by atoms with van der Waals surface area (Å²) in [7, 11) is 0. The van der Waals surface area contributed by atoms with Crippen LogP contribution in [-0.4, -0.2) is 24.5 Å². The van der Waals surface area contributed by atoms with E-state index < -0.39 is 17.8 Å². The number of carbonyl (C=O) groups excluding carboxylic acids is 3. The zero-order valence-corrected chi connectivity index (χ0v) is 20.8. The highest BCUT2D eigenvalue weighted by Crippen LogP contribution is 2.31. The van der Waals surface area contributed by atoms with E-state index in [-0.39, 0.29) is 5.57 Å². The van der Waals surface area contributed by atoms with Crippen LogP contribution in [0.25, 0.3) is 6.08 Å². The van der Waals surface area contributed by atoms with Gasteiger partial charge in [0.2, 0.25) is 0 Å². The Morgan fingerprint density at radius 2 is 1.67 bits per heavy atom. The fraction of sp³-hybridized carbons (Fsp3) is 0.207. The summed E-state index contributed by atoms with van der Waals surface area (Å²) in [4.78, 5) is 39.3. The third-order valence-electron chi connectivity index (χ3n) is 5.91. The van der Waals surface area contributed by atoms with Crippen LogP contribution in [0.3, 0.4) is 0 Å². The summed E-state index contributed by atoms with van der Waals surface area (Å²) < 4.78 is 11.7. The molecule has 0 radical (unpaired) electrons. The van der Waals surface area contributed by atoms with Gasteiger partial charge in [-0.05, 0) is 80.3 Å². The van der Waals surface area contributed by atoms with Crippen LogP contribution in [0, 0.1) is 20.8 Å². The van der Waals surface area contributed by atoms with E-state index in [0.717, 1.165) is 27.2 Å².